The Labute approximate surface area is 125 Å². The highest BCUT2D eigenvalue weighted by atomic mass is 32.2. The van der Waals surface area contributed by atoms with E-state index in [-0.39, 0.29) is 0 Å². The third-order valence-electron chi connectivity index (χ3n) is 3.17. The van der Waals surface area contributed by atoms with Crippen molar-refractivity contribution in [3.63, 3.8) is 0 Å². The SMILES string of the molecule is Cc1nnc(SCCCn2cc(C3CCOC3)nn2)s1. The van der Waals surface area contributed by atoms with E-state index < -0.39 is 0 Å². The van der Waals surface area contributed by atoms with Gasteiger partial charge in [-0.1, -0.05) is 28.3 Å². The summed E-state index contributed by atoms with van der Waals surface area (Å²) in [7, 11) is 0. The molecule has 20 heavy (non-hydrogen) atoms. The molecule has 108 valence electrons. The summed E-state index contributed by atoms with van der Waals surface area (Å²) >= 11 is 3.40. The molecular formula is C12H17N5OS2. The van der Waals surface area contributed by atoms with Gasteiger partial charge >= 0.3 is 0 Å². The van der Waals surface area contributed by atoms with E-state index in [4.69, 9.17) is 4.74 Å². The van der Waals surface area contributed by atoms with Crippen molar-refractivity contribution in [3.8, 4) is 0 Å². The quantitative estimate of drug-likeness (QED) is 0.601. The Morgan fingerprint density at radius 2 is 2.40 bits per heavy atom. The van der Waals surface area contributed by atoms with Crippen LogP contribution in [0.4, 0.5) is 0 Å². The molecule has 2 aromatic heterocycles. The van der Waals surface area contributed by atoms with Crippen LogP contribution in [0.25, 0.3) is 0 Å². The Bertz CT molecular complexity index is 550. The summed E-state index contributed by atoms with van der Waals surface area (Å²) in [6.07, 6.45) is 4.16. The number of aryl methyl sites for hydroxylation is 2. The Balaban J connectivity index is 1.42. The molecule has 3 rings (SSSR count). The lowest BCUT2D eigenvalue weighted by Gasteiger charge is -2.01. The third-order valence-corrected chi connectivity index (χ3v) is 5.23. The van der Waals surface area contributed by atoms with Gasteiger partial charge in [-0.25, -0.2) is 0 Å². The summed E-state index contributed by atoms with van der Waals surface area (Å²) in [5.41, 5.74) is 1.06. The van der Waals surface area contributed by atoms with Crippen molar-refractivity contribution >= 4 is 23.1 Å². The summed E-state index contributed by atoms with van der Waals surface area (Å²) in [6, 6.07) is 0. The molecule has 0 aliphatic carbocycles. The average molecular weight is 311 g/mol. The van der Waals surface area contributed by atoms with Crippen molar-refractivity contribution in [1.29, 1.82) is 0 Å². The number of hydrogen-bond donors (Lipinski definition) is 0. The maximum atomic E-state index is 5.38. The van der Waals surface area contributed by atoms with Crippen LogP contribution in [0.1, 0.15) is 29.5 Å². The Morgan fingerprint density at radius 1 is 1.45 bits per heavy atom. The molecule has 0 aromatic carbocycles. The van der Waals surface area contributed by atoms with Crippen LogP contribution >= 0.6 is 23.1 Å². The minimum Gasteiger partial charge on any atom is -0.381 e. The molecule has 1 fully saturated rings. The second-order valence-corrected chi connectivity index (χ2v) is 7.28. The molecule has 0 bridgehead atoms. The first-order valence-electron chi connectivity index (χ1n) is 6.72. The van der Waals surface area contributed by atoms with E-state index in [2.05, 4.69) is 26.7 Å². The van der Waals surface area contributed by atoms with Gasteiger partial charge in [-0.15, -0.1) is 15.3 Å². The Hall–Kier alpha value is -0.990. The van der Waals surface area contributed by atoms with Gasteiger partial charge in [-0.05, 0) is 19.8 Å². The molecule has 1 unspecified atom stereocenters. The number of nitrogens with zero attached hydrogens (tertiary/aromatic N) is 5. The van der Waals surface area contributed by atoms with Crippen molar-refractivity contribution < 1.29 is 4.74 Å². The molecule has 0 N–H and O–H groups in total. The smallest absolute Gasteiger partial charge is 0.174 e. The van der Waals surface area contributed by atoms with Gasteiger partial charge in [-0.2, -0.15) is 0 Å². The predicted molar refractivity (Wildman–Crippen MR) is 78.2 cm³/mol. The van der Waals surface area contributed by atoms with Crippen LogP contribution in [0.2, 0.25) is 0 Å². The minimum absolute atomic E-state index is 0.433. The maximum absolute atomic E-state index is 5.38. The summed E-state index contributed by atoms with van der Waals surface area (Å²) in [5.74, 6) is 1.46. The van der Waals surface area contributed by atoms with Crippen molar-refractivity contribution in [2.45, 2.75) is 36.6 Å². The van der Waals surface area contributed by atoms with Crippen LogP contribution in [0.5, 0.6) is 0 Å². The van der Waals surface area contributed by atoms with E-state index in [1.165, 1.54) is 0 Å². The molecule has 6 nitrogen and oxygen atoms in total. The van der Waals surface area contributed by atoms with Crippen LogP contribution in [-0.2, 0) is 11.3 Å². The van der Waals surface area contributed by atoms with Gasteiger partial charge in [0, 0.05) is 31.0 Å². The fraction of sp³-hybridized carbons (Fsp3) is 0.667. The van der Waals surface area contributed by atoms with Crippen molar-refractivity contribution in [1.82, 2.24) is 25.2 Å². The van der Waals surface area contributed by atoms with Crippen LogP contribution < -0.4 is 0 Å². The first kappa shape index (κ1) is 14.0. The summed E-state index contributed by atoms with van der Waals surface area (Å²) in [6.45, 7) is 4.50. The molecule has 0 amide bonds. The highest BCUT2D eigenvalue weighted by molar-refractivity contribution is 8.01. The zero-order chi connectivity index (χ0) is 13.8. The maximum Gasteiger partial charge on any atom is 0.174 e. The highest BCUT2D eigenvalue weighted by Crippen LogP contribution is 2.24. The first-order valence-corrected chi connectivity index (χ1v) is 8.52. The molecule has 0 spiro atoms. The second-order valence-electron chi connectivity index (χ2n) is 4.76. The molecular weight excluding hydrogens is 294 g/mol. The lowest BCUT2D eigenvalue weighted by molar-refractivity contribution is 0.193. The predicted octanol–water partition coefficient (Wildman–Crippen LogP) is 2.12. The zero-order valence-electron chi connectivity index (χ0n) is 11.4. The van der Waals surface area contributed by atoms with Gasteiger partial charge in [0.25, 0.3) is 0 Å². The number of ether oxygens (including phenoxy) is 1. The van der Waals surface area contributed by atoms with E-state index in [1.807, 2.05) is 11.6 Å². The van der Waals surface area contributed by atoms with Gasteiger partial charge in [0.05, 0.1) is 12.3 Å². The number of rotatable bonds is 6. The molecule has 8 heteroatoms. The summed E-state index contributed by atoms with van der Waals surface area (Å²) in [5, 5.41) is 17.6. The van der Waals surface area contributed by atoms with Crippen molar-refractivity contribution in [3.05, 3.63) is 16.9 Å². The zero-order valence-corrected chi connectivity index (χ0v) is 13.0. The van der Waals surface area contributed by atoms with E-state index >= 15 is 0 Å². The molecule has 0 radical (unpaired) electrons. The topological polar surface area (TPSA) is 65.7 Å². The van der Waals surface area contributed by atoms with Crippen LogP contribution in [0, 0.1) is 6.92 Å². The minimum atomic E-state index is 0.433. The fourth-order valence-corrected chi connectivity index (χ4v) is 3.91. The largest absolute Gasteiger partial charge is 0.381 e. The summed E-state index contributed by atoms with van der Waals surface area (Å²) < 4.78 is 8.35. The van der Waals surface area contributed by atoms with Crippen LogP contribution in [0.3, 0.4) is 0 Å². The second kappa shape index (κ2) is 6.64. The number of thioether (sulfide) groups is 1. The van der Waals surface area contributed by atoms with E-state index in [9.17, 15) is 0 Å². The van der Waals surface area contributed by atoms with Crippen LogP contribution in [0.15, 0.2) is 10.5 Å². The number of aromatic nitrogens is 5. The molecule has 2 aromatic rings. The van der Waals surface area contributed by atoms with E-state index in [1.54, 1.807) is 23.1 Å². The Kier molecular flexibility index (Phi) is 4.64. The average Bonchev–Trinajstić information content (AvgIpc) is 3.16. The van der Waals surface area contributed by atoms with Crippen molar-refractivity contribution in [2.24, 2.45) is 0 Å². The lowest BCUT2D eigenvalue weighted by Crippen LogP contribution is -2.00. The van der Waals surface area contributed by atoms with Crippen LogP contribution in [-0.4, -0.2) is 44.2 Å². The highest BCUT2D eigenvalue weighted by Gasteiger charge is 2.20. The molecule has 1 saturated heterocycles. The van der Waals surface area contributed by atoms with E-state index in [0.717, 1.165) is 53.4 Å². The van der Waals surface area contributed by atoms with Gasteiger partial charge < -0.3 is 4.74 Å². The lowest BCUT2D eigenvalue weighted by atomic mass is 10.1. The van der Waals surface area contributed by atoms with Crippen molar-refractivity contribution in [2.75, 3.05) is 19.0 Å². The molecule has 1 atom stereocenters. The molecule has 3 heterocycles. The Morgan fingerprint density at radius 3 is 3.15 bits per heavy atom. The van der Waals surface area contributed by atoms with Gasteiger partial charge in [0.15, 0.2) is 4.34 Å². The molecule has 1 aliphatic heterocycles. The monoisotopic (exact) mass is 311 g/mol. The summed E-state index contributed by atoms with van der Waals surface area (Å²) in [4.78, 5) is 0. The standard InChI is InChI=1S/C12H17N5OS2/c1-9-13-15-12(20-9)19-6-2-4-17-7-11(14-16-17)10-3-5-18-8-10/h7,10H,2-6,8H2,1H3. The first-order chi connectivity index (χ1) is 9.81. The van der Waals surface area contributed by atoms with E-state index in [0.29, 0.717) is 5.92 Å². The van der Waals surface area contributed by atoms with Gasteiger partial charge in [0.2, 0.25) is 0 Å². The van der Waals surface area contributed by atoms with Gasteiger partial charge in [0.1, 0.15) is 5.01 Å². The van der Waals surface area contributed by atoms with Gasteiger partial charge in [-0.3, -0.25) is 4.68 Å². The normalized spacial score (nSPS) is 18.8. The fourth-order valence-electron chi connectivity index (χ4n) is 2.10. The number of hydrogen-bond acceptors (Lipinski definition) is 7. The molecule has 1 aliphatic rings. The molecule has 0 saturated carbocycles. The third kappa shape index (κ3) is 3.56.